The Bertz CT molecular complexity index is 612. The third kappa shape index (κ3) is 3.64. The third-order valence-corrected chi connectivity index (χ3v) is 10.7. The molecule has 0 aromatic rings. The van der Waals surface area contributed by atoms with Crippen molar-refractivity contribution in [3.8, 4) is 0 Å². The van der Waals surface area contributed by atoms with E-state index in [-0.39, 0.29) is 6.10 Å². The molecule has 0 aromatic carbocycles. The van der Waals surface area contributed by atoms with E-state index >= 15 is 0 Å². The SMILES string of the molecule is CC(C)CCC[C@@H](C)[C@H]1CC[C@H]2[C@@H]3[C@H](O)C[C@H]4CC(=O)CC[C@]4(C)[C@H]3CC[C@]12C. The van der Waals surface area contributed by atoms with Crippen LogP contribution in [0.4, 0.5) is 0 Å². The molecule has 0 bridgehead atoms. The topological polar surface area (TPSA) is 37.3 Å². The molecule has 2 heteroatoms. The van der Waals surface area contributed by atoms with Crippen LogP contribution >= 0.6 is 0 Å². The Kier molecular flexibility index (Phi) is 5.99. The molecule has 4 aliphatic carbocycles. The van der Waals surface area contributed by atoms with Gasteiger partial charge in [-0.1, -0.05) is 53.9 Å². The number of Topliss-reactive ketones (excluding diaryl/α,β-unsaturated/α-hetero) is 1. The van der Waals surface area contributed by atoms with Gasteiger partial charge in [-0.25, -0.2) is 0 Å². The number of aliphatic hydroxyl groups is 1. The molecule has 2 nitrogen and oxygen atoms in total. The highest BCUT2D eigenvalue weighted by molar-refractivity contribution is 5.79. The van der Waals surface area contributed by atoms with Gasteiger partial charge in [-0.15, -0.1) is 0 Å². The molecule has 4 saturated carbocycles. The van der Waals surface area contributed by atoms with Crippen LogP contribution in [0.1, 0.15) is 105 Å². The smallest absolute Gasteiger partial charge is 0.133 e. The van der Waals surface area contributed by atoms with E-state index in [9.17, 15) is 9.90 Å². The summed E-state index contributed by atoms with van der Waals surface area (Å²) >= 11 is 0. The van der Waals surface area contributed by atoms with Crippen molar-refractivity contribution in [2.45, 2.75) is 111 Å². The van der Waals surface area contributed by atoms with Gasteiger partial charge in [0.1, 0.15) is 5.78 Å². The zero-order chi connectivity index (χ0) is 21.0. The van der Waals surface area contributed by atoms with Crippen LogP contribution in [0.15, 0.2) is 0 Å². The maximum absolute atomic E-state index is 12.1. The Morgan fingerprint density at radius 2 is 1.72 bits per heavy atom. The average Bonchev–Trinajstić information content (AvgIpc) is 3.00. The van der Waals surface area contributed by atoms with Gasteiger partial charge in [0.15, 0.2) is 0 Å². The molecule has 0 saturated heterocycles. The Labute approximate surface area is 179 Å². The molecule has 0 amide bonds. The average molecular weight is 403 g/mol. The normalized spacial score (nSPS) is 48.2. The minimum absolute atomic E-state index is 0.177. The van der Waals surface area contributed by atoms with Gasteiger partial charge >= 0.3 is 0 Å². The summed E-state index contributed by atoms with van der Waals surface area (Å²) in [6.45, 7) is 12.3. The molecular formula is C27H46O2. The maximum atomic E-state index is 12.1. The first-order chi connectivity index (χ1) is 13.7. The minimum atomic E-state index is -0.177. The van der Waals surface area contributed by atoms with E-state index in [0.29, 0.717) is 40.3 Å². The predicted molar refractivity (Wildman–Crippen MR) is 119 cm³/mol. The lowest BCUT2D eigenvalue weighted by molar-refractivity contribution is -0.168. The van der Waals surface area contributed by atoms with E-state index in [2.05, 4.69) is 34.6 Å². The van der Waals surface area contributed by atoms with Gasteiger partial charge in [-0.3, -0.25) is 4.79 Å². The summed E-state index contributed by atoms with van der Waals surface area (Å²) in [4.78, 5) is 12.1. The molecule has 166 valence electrons. The second-order valence-electron chi connectivity index (χ2n) is 12.6. The number of carbonyl (C=O) groups is 1. The van der Waals surface area contributed by atoms with Crippen molar-refractivity contribution < 1.29 is 9.90 Å². The van der Waals surface area contributed by atoms with E-state index in [1.165, 1.54) is 44.9 Å². The lowest BCUT2D eigenvalue weighted by Crippen LogP contribution is -2.58. The van der Waals surface area contributed by atoms with Crippen molar-refractivity contribution in [1.82, 2.24) is 0 Å². The highest BCUT2D eigenvalue weighted by Crippen LogP contribution is 2.68. The van der Waals surface area contributed by atoms with Gasteiger partial charge in [-0.2, -0.15) is 0 Å². The molecule has 9 atom stereocenters. The van der Waals surface area contributed by atoms with E-state index in [1.54, 1.807) is 0 Å². The second kappa shape index (κ2) is 7.95. The molecule has 0 aromatic heterocycles. The number of ketones is 1. The molecule has 0 unspecified atom stereocenters. The molecule has 4 fully saturated rings. The Hall–Kier alpha value is -0.370. The number of rotatable bonds is 5. The van der Waals surface area contributed by atoms with Crippen LogP contribution in [0, 0.1) is 52.3 Å². The monoisotopic (exact) mass is 402 g/mol. The van der Waals surface area contributed by atoms with Crippen LogP contribution in [0.5, 0.6) is 0 Å². The standard InChI is InChI=1S/C27H46O2/c1-17(2)7-6-8-18(3)21-9-10-22-25-23(12-14-27(21,22)5)26(4)13-11-20(28)15-19(26)16-24(25)29/h17-19,21-25,29H,6-16H2,1-5H3/t18-,19-,21-,22+,23+,24-,25+,26+,27-/m1/s1. The number of fused-ring (bicyclic) bond motifs is 5. The summed E-state index contributed by atoms with van der Waals surface area (Å²) in [5, 5.41) is 11.3. The van der Waals surface area contributed by atoms with Crippen LogP contribution in [0.2, 0.25) is 0 Å². The predicted octanol–water partition coefficient (Wildman–Crippen LogP) is 6.65. The molecule has 0 radical (unpaired) electrons. The molecule has 29 heavy (non-hydrogen) atoms. The van der Waals surface area contributed by atoms with Crippen molar-refractivity contribution in [3.63, 3.8) is 0 Å². The minimum Gasteiger partial charge on any atom is -0.393 e. The van der Waals surface area contributed by atoms with E-state index in [0.717, 1.165) is 43.4 Å². The molecule has 4 aliphatic rings. The molecular weight excluding hydrogens is 356 g/mol. The summed E-state index contributed by atoms with van der Waals surface area (Å²) in [7, 11) is 0. The van der Waals surface area contributed by atoms with Crippen LogP contribution in [0.25, 0.3) is 0 Å². The summed E-state index contributed by atoms with van der Waals surface area (Å²) in [5.41, 5.74) is 0.715. The molecule has 4 rings (SSSR count). The van der Waals surface area contributed by atoms with Crippen molar-refractivity contribution >= 4 is 5.78 Å². The summed E-state index contributed by atoms with van der Waals surface area (Å²) in [6, 6.07) is 0. The van der Waals surface area contributed by atoms with Gasteiger partial charge in [0, 0.05) is 12.8 Å². The van der Waals surface area contributed by atoms with Crippen LogP contribution < -0.4 is 0 Å². The van der Waals surface area contributed by atoms with Crippen molar-refractivity contribution in [1.29, 1.82) is 0 Å². The van der Waals surface area contributed by atoms with Crippen LogP contribution in [-0.2, 0) is 4.79 Å². The Morgan fingerprint density at radius 1 is 1.00 bits per heavy atom. The zero-order valence-corrected chi connectivity index (χ0v) is 19.8. The van der Waals surface area contributed by atoms with Gasteiger partial charge in [0.2, 0.25) is 0 Å². The summed E-state index contributed by atoms with van der Waals surface area (Å²) in [5.74, 6) is 5.16. The second-order valence-corrected chi connectivity index (χ2v) is 12.6. The number of carbonyl (C=O) groups excluding carboxylic acids is 1. The maximum Gasteiger partial charge on any atom is 0.133 e. The summed E-state index contributed by atoms with van der Waals surface area (Å²) < 4.78 is 0. The first-order valence-electron chi connectivity index (χ1n) is 12.9. The molecule has 0 aliphatic heterocycles. The van der Waals surface area contributed by atoms with Crippen molar-refractivity contribution in [2.24, 2.45) is 52.3 Å². The Balaban J connectivity index is 1.51. The third-order valence-electron chi connectivity index (χ3n) is 10.7. The van der Waals surface area contributed by atoms with E-state index < -0.39 is 0 Å². The van der Waals surface area contributed by atoms with Gasteiger partial charge < -0.3 is 5.11 Å². The highest BCUT2D eigenvalue weighted by Gasteiger charge is 2.62. The molecule has 0 heterocycles. The molecule has 1 N–H and O–H groups in total. The van der Waals surface area contributed by atoms with Crippen LogP contribution in [-0.4, -0.2) is 17.0 Å². The fourth-order valence-electron chi connectivity index (χ4n) is 9.04. The van der Waals surface area contributed by atoms with E-state index in [1.807, 2.05) is 0 Å². The lowest BCUT2D eigenvalue weighted by atomic mass is 9.44. The first-order valence-corrected chi connectivity index (χ1v) is 12.9. The number of hydrogen-bond donors (Lipinski definition) is 1. The summed E-state index contributed by atoms with van der Waals surface area (Å²) in [6.07, 6.45) is 12.7. The van der Waals surface area contributed by atoms with E-state index in [4.69, 9.17) is 0 Å². The van der Waals surface area contributed by atoms with Gasteiger partial charge in [-0.05, 0) is 90.8 Å². The fraction of sp³-hybridized carbons (Fsp3) is 0.963. The number of aliphatic hydroxyl groups excluding tert-OH is 1. The lowest BCUT2D eigenvalue weighted by Gasteiger charge is -2.62. The van der Waals surface area contributed by atoms with Crippen LogP contribution in [0.3, 0.4) is 0 Å². The molecule has 0 spiro atoms. The quantitative estimate of drug-likeness (QED) is 0.559. The van der Waals surface area contributed by atoms with Crippen molar-refractivity contribution in [2.75, 3.05) is 0 Å². The number of hydrogen-bond acceptors (Lipinski definition) is 2. The zero-order valence-electron chi connectivity index (χ0n) is 19.8. The Morgan fingerprint density at radius 3 is 2.45 bits per heavy atom. The van der Waals surface area contributed by atoms with Crippen molar-refractivity contribution in [3.05, 3.63) is 0 Å². The highest BCUT2D eigenvalue weighted by atomic mass is 16.3. The van der Waals surface area contributed by atoms with Gasteiger partial charge in [0.25, 0.3) is 0 Å². The van der Waals surface area contributed by atoms with Gasteiger partial charge in [0.05, 0.1) is 6.10 Å². The first kappa shape index (κ1) is 21.8. The fourth-order valence-corrected chi connectivity index (χ4v) is 9.04. The largest absolute Gasteiger partial charge is 0.393 e.